The Balaban J connectivity index is 2.27. The van der Waals surface area contributed by atoms with Crippen molar-refractivity contribution in [2.45, 2.75) is 20.0 Å². The van der Waals surface area contributed by atoms with Crippen LogP contribution >= 0.6 is 0 Å². The number of amides is 2. The number of hydrazine groups is 1. The van der Waals surface area contributed by atoms with E-state index in [0.29, 0.717) is 11.1 Å². The highest BCUT2D eigenvalue weighted by Gasteiger charge is 2.24. The molecule has 19 heavy (non-hydrogen) atoms. The van der Waals surface area contributed by atoms with Gasteiger partial charge in [0.25, 0.3) is 0 Å². The van der Waals surface area contributed by atoms with E-state index in [-0.39, 0.29) is 6.03 Å². The monoisotopic (exact) mass is 259 g/mol. The van der Waals surface area contributed by atoms with Crippen molar-refractivity contribution in [1.82, 2.24) is 16.2 Å². The predicted octanol–water partition coefficient (Wildman–Crippen LogP) is 1.23. The summed E-state index contributed by atoms with van der Waals surface area (Å²) in [5.41, 5.74) is 8.02. The number of fused-ring (bicyclic) bond motifs is 1. The van der Waals surface area contributed by atoms with Crippen LogP contribution in [0.3, 0.4) is 0 Å². The highest BCUT2D eigenvalue weighted by Crippen LogP contribution is 2.26. The highest BCUT2D eigenvalue weighted by molar-refractivity contribution is 5.85. The summed E-state index contributed by atoms with van der Waals surface area (Å²) < 4.78 is 5.28. The van der Waals surface area contributed by atoms with Gasteiger partial charge in [-0.3, -0.25) is 5.43 Å². The smallest absolute Gasteiger partial charge is 0.336 e. The topological polar surface area (TPSA) is 83.4 Å². The number of nitrogens with one attached hydrogen (secondary N) is 3. The summed E-state index contributed by atoms with van der Waals surface area (Å²) >= 11 is 0. The highest BCUT2D eigenvalue weighted by atomic mass is 16.4. The van der Waals surface area contributed by atoms with Gasteiger partial charge in [0, 0.05) is 17.0 Å². The fourth-order valence-electron chi connectivity index (χ4n) is 2.22. The van der Waals surface area contributed by atoms with Crippen LogP contribution in [0.15, 0.2) is 27.4 Å². The molecular formula is C13H13N3O3. The van der Waals surface area contributed by atoms with E-state index in [1.165, 1.54) is 6.07 Å². The quantitative estimate of drug-likeness (QED) is 0.672. The summed E-state index contributed by atoms with van der Waals surface area (Å²) in [6, 6.07) is 4.92. The minimum atomic E-state index is -0.443. The molecule has 6 heteroatoms. The summed E-state index contributed by atoms with van der Waals surface area (Å²) in [7, 11) is 0. The van der Waals surface area contributed by atoms with Gasteiger partial charge in [0.15, 0.2) is 0 Å². The Kier molecular flexibility index (Phi) is 2.53. The molecule has 3 rings (SSSR count). The third-order valence-corrected chi connectivity index (χ3v) is 3.38. The molecule has 1 saturated heterocycles. The van der Waals surface area contributed by atoms with E-state index in [4.69, 9.17) is 4.42 Å². The molecule has 2 aromatic rings. The third-order valence-electron chi connectivity index (χ3n) is 3.38. The number of rotatable bonds is 1. The van der Waals surface area contributed by atoms with Gasteiger partial charge in [-0.05, 0) is 25.0 Å². The summed E-state index contributed by atoms with van der Waals surface area (Å²) in [6.07, 6.45) is -0.443. The molecule has 1 aromatic carbocycles. The molecule has 1 fully saturated rings. The Morgan fingerprint density at radius 1 is 1.21 bits per heavy atom. The number of urea groups is 1. The van der Waals surface area contributed by atoms with Gasteiger partial charge in [0.05, 0.1) is 0 Å². The molecule has 98 valence electrons. The van der Waals surface area contributed by atoms with Gasteiger partial charge < -0.3 is 9.73 Å². The first kappa shape index (κ1) is 11.7. The first-order valence-electron chi connectivity index (χ1n) is 5.92. The molecule has 2 heterocycles. The molecule has 0 radical (unpaired) electrons. The number of carbonyl (C=O) groups is 1. The van der Waals surface area contributed by atoms with Crippen LogP contribution < -0.4 is 21.8 Å². The molecule has 1 atom stereocenters. The summed E-state index contributed by atoms with van der Waals surface area (Å²) in [5.74, 6) is 0. The zero-order chi connectivity index (χ0) is 13.6. The van der Waals surface area contributed by atoms with Gasteiger partial charge in [-0.1, -0.05) is 12.1 Å². The summed E-state index contributed by atoms with van der Waals surface area (Å²) in [5, 5.41) is 3.49. The molecule has 1 aliphatic rings. The van der Waals surface area contributed by atoms with Gasteiger partial charge >= 0.3 is 11.7 Å². The molecular weight excluding hydrogens is 246 g/mol. The lowest BCUT2D eigenvalue weighted by atomic mass is 10.0. The second-order valence-corrected chi connectivity index (χ2v) is 4.58. The zero-order valence-electron chi connectivity index (χ0n) is 10.5. The van der Waals surface area contributed by atoms with Crippen LogP contribution in [0, 0.1) is 13.8 Å². The van der Waals surface area contributed by atoms with Crippen LogP contribution in [0.1, 0.15) is 22.9 Å². The van der Waals surface area contributed by atoms with E-state index < -0.39 is 11.8 Å². The van der Waals surface area contributed by atoms with E-state index in [1.54, 1.807) is 0 Å². The Morgan fingerprint density at radius 3 is 2.68 bits per heavy atom. The van der Waals surface area contributed by atoms with Crippen LogP contribution in [-0.2, 0) is 0 Å². The maximum absolute atomic E-state index is 11.7. The molecule has 0 saturated carbocycles. The summed E-state index contributed by atoms with van der Waals surface area (Å²) in [6.45, 7) is 3.86. The van der Waals surface area contributed by atoms with Crippen LogP contribution in [0.4, 0.5) is 4.79 Å². The Morgan fingerprint density at radius 2 is 2.00 bits per heavy atom. The predicted molar refractivity (Wildman–Crippen MR) is 69.5 cm³/mol. The van der Waals surface area contributed by atoms with E-state index >= 15 is 0 Å². The fourth-order valence-corrected chi connectivity index (χ4v) is 2.22. The van der Waals surface area contributed by atoms with Gasteiger partial charge in [-0.2, -0.15) is 0 Å². The van der Waals surface area contributed by atoms with Crippen molar-refractivity contribution >= 4 is 17.0 Å². The van der Waals surface area contributed by atoms with E-state index in [9.17, 15) is 9.59 Å². The molecule has 0 spiro atoms. The molecule has 1 aromatic heterocycles. The van der Waals surface area contributed by atoms with E-state index in [0.717, 1.165) is 16.5 Å². The fraction of sp³-hybridized carbons (Fsp3) is 0.231. The van der Waals surface area contributed by atoms with Crippen molar-refractivity contribution in [3.05, 3.63) is 45.3 Å². The molecule has 0 aliphatic carbocycles. The maximum Gasteiger partial charge on any atom is 0.336 e. The van der Waals surface area contributed by atoms with Gasteiger partial charge in [0.1, 0.15) is 11.7 Å². The van der Waals surface area contributed by atoms with Crippen molar-refractivity contribution in [2.24, 2.45) is 0 Å². The second kappa shape index (κ2) is 4.10. The third kappa shape index (κ3) is 1.86. The number of aryl methyl sites for hydroxylation is 2. The van der Waals surface area contributed by atoms with E-state index in [1.807, 2.05) is 26.0 Å². The lowest BCUT2D eigenvalue weighted by Crippen LogP contribution is -2.27. The number of benzene rings is 1. The first-order valence-corrected chi connectivity index (χ1v) is 5.92. The average Bonchev–Trinajstić information content (AvgIpc) is 2.80. The average molecular weight is 259 g/mol. The van der Waals surface area contributed by atoms with Gasteiger partial charge in [-0.25, -0.2) is 15.0 Å². The molecule has 3 N–H and O–H groups in total. The number of hydrogen-bond donors (Lipinski definition) is 3. The van der Waals surface area contributed by atoms with Crippen molar-refractivity contribution in [1.29, 1.82) is 0 Å². The maximum atomic E-state index is 11.7. The number of hydrogen-bond acceptors (Lipinski definition) is 4. The van der Waals surface area contributed by atoms with Crippen LogP contribution in [0.25, 0.3) is 11.0 Å². The van der Waals surface area contributed by atoms with Crippen LogP contribution in [-0.4, -0.2) is 6.03 Å². The molecule has 2 amide bonds. The van der Waals surface area contributed by atoms with E-state index in [2.05, 4.69) is 16.2 Å². The van der Waals surface area contributed by atoms with Gasteiger partial charge in [-0.15, -0.1) is 0 Å². The minimum absolute atomic E-state index is 0.324. The normalized spacial score (nSPS) is 18.4. The van der Waals surface area contributed by atoms with Gasteiger partial charge in [0.2, 0.25) is 0 Å². The number of carbonyl (C=O) groups excluding carboxylic acids is 1. The van der Waals surface area contributed by atoms with Crippen molar-refractivity contribution < 1.29 is 9.21 Å². The first-order chi connectivity index (χ1) is 9.06. The zero-order valence-corrected chi connectivity index (χ0v) is 10.5. The van der Waals surface area contributed by atoms with Crippen molar-refractivity contribution in [3.8, 4) is 0 Å². The summed E-state index contributed by atoms with van der Waals surface area (Å²) in [4.78, 5) is 22.9. The Bertz CT molecular complexity index is 736. The minimum Gasteiger partial charge on any atom is -0.422 e. The van der Waals surface area contributed by atoms with Crippen molar-refractivity contribution in [3.63, 3.8) is 0 Å². The molecule has 1 aliphatic heterocycles. The SMILES string of the molecule is Cc1ccc2c(C3NNC(=O)N3)cc(=O)oc2c1C. The second-order valence-electron chi connectivity index (χ2n) is 4.58. The lowest BCUT2D eigenvalue weighted by molar-refractivity contribution is 0.247. The Labute approximate surface area is 108 Å². The molecule has 0 bridgehead atoms. The van der Waals surface area contributed by atoms with Crippen molar-refractivity contribution in [2.75, 3.05) is 0 Å². The largest absolute Gasteiger partial charge is 0.422 e. The van der Waals surface area contributed by atoms with Crippen LogP contribution in [0.2, 0.25) is 0 Å². The van der Waals surface area contributed by atoms with Crippen LogP contribution in [0.5, 0.6) is 0 Å². The molecule has 6 nitrogen and oxygen atoms in total. The standard InChI is InChI=1S/C13H13N3O3/c1-6-3-4-8-9(12-14-13(18)16-15-12)5-10(17)19-11(8)7(6)2/h3-5,12,15H,1-2H3,(H2,14,16,18). The lowest BCUT2D eigenvalue weighted by Gasteiger charge is -2.13. The molecule has 1 unspecified atom stereocenters. The Hall–Kier alpha value is -2.34.